The van der Waals surface area contributed by atoms with Gasteiger partial charge in [-0.15, -0.1) is 0 Å². The van der Waals surface area contributed by atoms with Gasteiger partial charge in [-0.05, 0) is 47.2 Å². The highest BCUT2D eigenvalue weighted by atomic mass is 127. The molecule has 2 rings (SSSR count). The number of aryl methyl sites for hydroxylation is 2. The molecule has 0 bridgehead atoms. The van der Waals surface area contributed by atoms with Crippen molar-refractivity contribution in [1.82, 2.24) is 4.57 Å². The SMILES string of the molecule is Cc1cn(C)c2cc(I)ccc12. The van der Waals surface area contributed by atoms with Gasteiger partial charge in [-0.1, -0.05) is 6.07 Å². The first-order chi connectivity index (χ1) is 5.68. The third kappa shape index (κ3) is 1.14. The Balaban J connectivity index is 2.90. The number of halogens is 1. The van der Waals surface area contributed by atoms with Gasteiger partial charge in [-0.2, -0.15) is 0 Å². The molecule has 0 aliphatic carbocycles. The van der Waals surface area contributed by atoms with E-state index in [0.29, 0.717) is 0 Å². The smallest absolute Gasteiger partial charge is 0.0491 e. The summed E-state index contributed by atoms with van der Waals surface area (Å²) in [5.41, 5.74) is 2.67. The summed E-state index contributed by atoms with van der Waals surface area (Å²) in [6, 6.07) is 6.55. The Hall–Kier alpha value is -0.510. The van der Waals surface area contributed by atoms with E-state index in [0.717, 1.165) is 0 Å². The molecule has 0 aliphatic heterocycles. The molecule has 0 spiro atoms. The Labute approximate surface area is 85.5 Å². The second-order valence-electron chi connectivity index (χ2n) is 3.08. The fourth-order valence-corrected chi connectivity index (χ4v) is 2.03. The molecule has 1 aromatic carbocycles. The number of hydrogen-bond donors (Lipinski definition) is 0. The molecule has 0 aliphatic rings. The molecule has 0 unspecified atom stereocenters. The van der Waals surface area contributed by atoms with Crippen LogP contribution in [0.2, 0.25) is 0 Å². The van der Waals surface area contributed by atoms with Gasteiger partial charge in [0.05, 0.1) is 0 Å². The fourth-order valence-electron chi connectivity index (χ4n) is 1.56. The Morgan fingerprint density at radius 3 is 2.83 bits per heavy atom. The maximum Gasteiger partial charge on any atom is 0.0491 e. The molecule has 0 saturated heterocycles. The third-order valence-corrected chi connectivity index (χ3v) is 2.82. The molecule has 62 valence electrons. The van der Waals surface area contributed by atoms with Gasteiger partial charge in [-0.25, -0.2) is 0 Å². The monoisotopic (exact) mass is 271 g/mol. The lowest BCUT2D eigenvalue weighted by molar-refractivity contribution is 0.963. The van der Waals surface area contributed by atoms with E-state index in [2.05, 4.69) is 65.5 Å². The summed E-state index contributed by atoms with van der Waals surface area (Å²) in [5, 5.41) is 1.36. The highest BCUT2D eigenvalue weighted by Gasteiger charge is 2.01. The van der Waals surface area contributed by atoms with Crippen molar-refractivity contribution in [3.8, 4) is 0 Å². The van der Waals surface area contributed by atoms with Gasteiger partial charge in [0.1, 0.15) is 0 Å². The zero-order valence-corrected chi connectivity index (χ0v) is 9.29. The second-order valence-corrected chi connectivity index (χ2v) is 4.33. The van der Waals surface area contributed by atoms with E-state index in [1.165, 1.54) is 20.0 Å². The summed E-state index contributed by atoms with van der Waals surface area (Å²) in [6.45, 7) is 2.15. The first-order valence-corrected chi connectivity index (χ1v) is 4.97. The van der Waals surface area contributed by atoms with E-state index in [1.54, 1.807) is 0 Å². The summed E-state index contributed by atoms with van der Waals surface area (Å²) >= 11 is 2.34. The summed E-state index contributed by atoms with van der Waals surface area (Å²) in [5.74, 6) is 0. The van der Waals surface area contributed by atoms with E-state index in [1.807, 2.05) is 0 Å². The lowest BCUT2D eigenvalue weighted by atomic mass is 10.2. The average molecular weight is 271 g/mol. The lowest BCUT2D eigenvalue weighted by Gasteiger charge is -1.95. The van der Waals surface area contributed by atoms with Crippen molar-refractivity contribution < 1.29 is 0 Å². The first-order valence-electron chi connectivity index (χ1n) is 3.89. The van der Waals surface area contributed by atoms with Crippen LogP contribution in [0.15, 0.2) is 24.4 Å². The largest absolute Gasteiger partial charge is 0.350 e. The minimum atomic E-state index is 1.29. The molecule has 0 amide bonds. The summed E-state index contributed by atoms with van der Waals surface area (Å²) in [7, 11) is 2.09. The van der Waals surface area contributed by atoms with E-state index in [-0.39, 0.29) is 0 Å². The number of fused-ring (bicyclic) bond motifs is 1. The van der Waals surface area contributed by atoms with Gasteiger partial charge >= 0.3 is 0 Å². The van der Waals surface area contributed by atoms with E-state index >= 15 is 0 Å². The maximum atomic E-state index is 2.34. The Kier molecular flexibility index (Phi) is 1.87. The first kappa shape index (κ1) is 8.10. The van der Waals surface area contributed by atoms with Gasteiger partial charge in [0.15, 0.2) is 0 Å². The van der Waals surface area contributed by atoms with Crippen LogP contribution >= 0.6 is 22.6 Å². The van der Waals surface area contributed by atoms with Gasteiger partial charge in [0, 0.05) is 27.7 Å². The molecule has 0 saturated carbocycles. The predicted octanol–water partition coefficient (Wildman–Crippen LogP) is 3.09. The maximum absolute atomic E-state index is 2.34. The van der Waals surface area contributed by atoms with Gasteiger partial charge < -0.3 is 4.57 Å². The minimum Gasteiger partial charge on any atom is -0.350 e. The van der Waals surface area contributed by atoms with Crippen LogP contribution in [0.1, 0.15) is 5.56 Å². The van der Waals surface area contributed by atoms with Crippen LogP contribution in [0.3, 0.4) is 0 Å². The summed E-state index contributed by atoms with van der Waals surface area (Å²) in [6.07, 6.45) is 2.17. The standard InChI is InChI=1S/C10H10IN/c1-7-6-12(2)10-5-8(11)3-4-9(7)10/h3-6H,1-2H3. The van der Waals surface area contributed by atoms with E-state index < -0.39 is 0 Å². The van der Waals surface area contributed by atoms with Gasteiger partial charge in [0.2, 0.25) is 0 Å². The Bertz CT molecular complexity index is 429. The highest BCUT2D eigenvalue weighted by Crippen LogP contribution is 2.21. The molecule has 0 radical (unpaired) electrons. The van der Waals surface area contributed by atoms with Crippen LogP contribution in [0, 0.1) is 10.5 Å². The predicted molar refractivity (Wildman–Crippen MR) is 60.4 cm³/mol. The van der Waals surface area contributed by atoms with Crippen LogP contribution in [0.5, 0.6) is 0 Å². The molecular formula is C10H10IN. The molecule has 1 nitrogen and oxygen atoms in total. The zero-order chi connectivity index (χ0) is 8.72. The highest BCUT2D eigenvalue weighted by molar-refractivity contribution is 14.1. The normalized spacial score (nSPS) is 10.9. The van der Waals surface area contributed by atoms with Crippen molar-refractivity contribution in [2.45, 2.75) is 6.92 Å². The number of aromatic nitrogens is 1. The van der Waals surface area contributed by atoms with Crippen molar-refractivity contribution in [2.75, 3.05) is 0 Å². The van der Waals surface area contributed by atoms with Crippen LogP contribution in [-0.2, 0) is 7.05 Å². The van der Waals surface area contributed by atoms with Crippen LogP contribution in [0.4, 0.5) is 0 Å². The van der Waals surface area contributed by atoms with Gasteiger partial charge in [-0.3, -0.25) is 0 Å². The van der Waals surface area contributed by atoms with Gasteiger partial charge in [0.25, 0.3) is 0 Å². The summed E-state index contributed by atoms with van der Waals surface area (Å²) < 4.78 is 3.47. The topological polar surface area (TPSA) is 4.93 Å². The average Bonchev–Trinajstić information content (AvgIpc) is 2.28. The van der Waals surface area contributed by atoms with Crippen LogP contribution < -0.4 is 0 Å². The molecule has 0 fully saturated rings. The quantitative estimate of drug-likeness (QED) is 0.649. The lowest BCUT2D eigenvalue weighted by Crippen LogP contribution is -1.83. The molecule has 1 aromatic heterocycles. The fraction of sp³-hybridized carbons (Fsp3) is 0.200. The van der Waals surface area contributed by atoms with Crippen molar-refractivity contribution in [1.29, 1.82) is 0 Å². The molecule has 0 atom stereocenters. The molecule has 12 heavy (non-hydrogen) atoms. The van der Waals surface area contributed by atoms with Crippen LogP contribution in [-0.4, -0.2) is 4.57 Å². The van der Waals surface area contributed by atoms with Crippen molar-refractivity contribution in [3.63, 3.8) is 0 Å². The number of hydrogen-bond acceptors (Lipinski definition) is 0. The van der Waals surface area contributed by atoms with E-state index in [9.17, 15) is 0 Å². The van der Waals surface area contributed by atoms with E-state index in [4.69, 9.17) is 0 Å². The Morgan fingerprint density at radius 2 is 2.08 bits per heavy atom. The van der Waals surface area contributed by atoms with Crippen molar-refractivity contribution >= 4 is 33.5 Å². The van der Waals surface area contributed by atoms with Crippen molar-refractivity contribution in [2.24, 2.45) is 7.05 Å². The molecular weight excluding hydrogens is 261 g/mol. The molecule has 1 heterocycles. The summed E-state index contributed by atoms with van der Waals surface area (Å²) in [4.78, 5) is 0. The number of rotatable bonds is 0. The second kappa shape index (κ2) is 2.76. The van der Waals surface area contributed by atoms with Crippen LogP contribution in [0.25, 0.3) is 10.9 Å². The molecule has 0 N–H and O–H groups in total. The van der Waals surface area contributed by atoms with Crippen molar-refractivity contribution in [3.05, 3.63) is 33.5 Å². The third-order valence-electron chi connectivity index (χ3n) is 2.15. The number of benzene rings is 1. The molecule has 2 heteroatoms. The zero-order valence-electron chi connectivity index (χ0n) is 7.13. The molecule has 2 aromatic rings. The number of nitrogens with zero attached hydrogens (tertiary/aromatic N) is 1. The minimum absolute atomic E-state index is 1.29. The Morgan fingerprint density at radius 1 is 1.33 bits per heavy atom.